The van der Waals surface area contributed by atoms with Crippen molar-refractivity contribution in [2.45, 2.75) is 69.9 Å². The molecule has 1 aliphatic heterocycles. The number of nitrogens with zero attached hydrogens (tertiary/aromatic N) is 1. The van der Waals surface area contributed by atoms with E-state index < -0.39 is 5.54 Å². The van der Waals surface area contributed by atoms with Gasteiger partial charge in [0.25, 0.3) is 0 Å². The number of carbonyl (C=O) groups excluding carboxylic acids is 2. The molecular weight excluding hydrogens is 240 g/mol. The predicted octanol–water partition coefficient (Wildman–Crippen LogP) is 1.84. The molecule has 0 aromatic heterocycles. The highest BCUT2D eigenvalue weighted by Gasteiger charge is 2.49. The SMILES string of the molecule is CC(C1CCCC1)N1CC(=O)NC2(CCCC2)C1=O. The summed E-state index contributed by atoms with van der Waals surface area (Å²) in [5.74, 6) is 0.809. The first-order valence-electron chi connectivity index (χ1n) is 7.74. The summed E-state index contributed by atoms with van der Waals surface area (Å²) >= 11 is 0. The second-order valence-corrected chi connectivity index (χ2v) is 6.56. The van der Waals surface area contributed by atoms with Crippen molar-refractivity contribution in [3.05, 3.63) is 0 Å². The van der Waals surface area contributed by atoms with Gasteiger partial charge in [-0.15, -0.1) is 0 Å². The van der Waals surface area contributed by atoms with Crippen LogP contribution in [0.1, 0.15) is 58.3 Å². The van der Waals surface area contributed by atoms with Crippen LogP contribution in [0.4, 0.5) is 0 Å². The van der Waals surface area contributed by atoms with Gasteiger partial charge in [-0.05, 0) is 38.5 Å². The lowest BCUT2D eigenvalue weighted by molar-refractivity contribution is -0.153. The van der Waals surface area contributed by atoms with Gasteiger partial charge in [-0.3, -0.25) is 9.59 Å². The van der Waals surface area contributed by atoms with E-state index in [0.29, 0.717) is 5.92 Å². The van der Waals surface area contributed by atoms with Crippen LogP contribution in [0.3, 0.4) is 0 Å². The molecule has 0 aromatic rings. The van der Waals surface area contributed by atoms with E-state index in [0.717, 1.165) is 25.7 Å². The fraction of sp³-hybridized carbons (Fsp3) is 0.867. The van der Waals surface area contributed by atoms with Gasteiger partial charge in [0.1, 0.15) is 5.54 Å². The summed E-state index contributed by atoms with van der Waals surface area (Å²) in [7, 11) is 0. The zero-order valence-electron chi connectivity index (χ0n) is 11.8. The van der Waals surface area contributed by atoms with E-state index in [2.05, 4.69) is 12.2 Å². The molecule has 2 aliphatic carbocycles. The van der Waals surface area contributed by atoms with Crippen LogP contribution in [0.5, 0.6) is 0 Å². The first-order chi connectivity index (χ1) is 9.12. The van der Waals surface area contributed by atoms with Gasteiger partial charge in [0.15, 0.2) is 0 Å². The molecule has 1 saturated heterocycles. The van der Waals surface area contributed by atoms with E-state index in [1.54, 1.807) is 0 Å². The standard InChI is InChI=1S/C15H24N2O2/c1-11(12-6-2-3-7-12)17-10-13(18)16-15(14(17)19)8-4-5-9-15/h11-12H,2-10H2,1H3,(H,16,18). The second-order valence-electron chi connectivity index (χ2n) is 6.56. The van der Waals surface area contributed by atoms with Crippen LogP contribution < -0.4 is 5.32 Å². The lowest BCUT2D eigenvalue weighted by Crippen LogP contribution is -2.67. The van der Waals surface area contributed by atoms with Crippen molar-refractivity contribution in [1.29, 1.82) is 0 Å². The summed E-state index contributed by atoms with van der Waals surface area (Å²) in [6.45, 7) is 2.40. The number of carbonyl (C=O) groups is 2. The monoisotopic (exact) mass is 264 g/mol. The first-order valence-corrected chi connectivity index (χ1v) is 7.74. The van der Waals surface area contributed by atoms with Crippen LogP contribution in [-0.2, 0) is 9.59 Å². The minimum atomic E-state index is -0.553. The average molecular weight is 264 g/mol. The Labute approximate surface area is 114 Å². The van der Waals surface area contributed by atoms with E-state index in [1.165, 1.54) is 25.7 Å². The van der Waals surface area contributed by atoms with Gasteiger partial charge < -0.3 is 10.2 Å². The zero-order chi connectivity index (χ0) is 13.5. The number of nitrogens with one attached hydrogen (secondary N) is 1. The Morgan fingerprint density at radius 2 is 1.79 bits per heavy atom. The van der Waals surface area contributed by atoms with Crippen LogP contribution in [0, 0.1) is 5.92 Å². The fourth-order valence-electron chi connectivity index (χ4n) is 4.20. The van der Waals surface area contributed by atoms with Crippen LogP contribution in [0.15, 0.2) is 0 Å². The largest absolute Gasteiger partial charge is 0.340 e. The quantitative estimate of drug-likeness (QED) is 0.827. The van der Waals surface area contributed by atoms with Crippen LogP contribution in [-0.4, -0.2) is 34.8 Å². The highest BCUT2D eigenvalue weighted by Crippen LogP contribution is 2.36. The fourth-order valence-corrected chi connectivity index (χ4v) is 4.20. The van der Waals surface area contributed by atoms with Gasteiger partial charge in [0.05, 0.1) is 6.54 Å². The Morgan fingerprint density at radius 1 is 1.16 bits per heavy atom. The number of rotatable bonds is 2. The molecule has 0 radical (unpaired) electrons. The lowest BCUT2D eigenvalue weighted by Gasteiger charge is -2.44. The third-order valence-corrected chi connectivity index (χ3v) is 5.39. The topological polar surface area (TPSA) is 49.4 Å². The molecule has 4 nitrogen and oxygen atoms in total. The Balaban J connectivity index is 1.79. The van der Waals surface area contributed by atoms with Gasteiger partial charge in [-0.1, -0.05) is 25.7 Å². The molecule has 3 aliphatic rings. The molecule has 2 amide bonds. The van der Waals surface area contributed by atoms with Crippen molar-refractivity contribution in [1.82, 2.24) is 10.2 Å². The Kier molecular flexibility index (Phi) is 3.27. The summed E-state index contributed by atoms with van der Waals surface area (Å²) in [6.07, 6.45) is 8.72. The van der Waals surface area contributed by atoms with Crippen molar-refractivity contribution < 1.29 is 9.59 Å². The summed E-state index contributed by atoms with van der Waals surface area (Å²) in [5, 5.41) is 2.99. The summed E-state index contributed by atoms with van der Waals surface area (Å²) in [6, 6.07) is 0.221. The molecule has 1 atom stereocenters. The summed E-state index contributed by atoms with van der Waals surface area (Å²) < 4.78 is 0. The van der Waals surface area contributed by atoms with Gasteiger partial charge in [-0.25, -0.2) is 0 Å². The number of piperazine rings is 1. The summed E-state index contributed by atoms with van der Waals surface area (Å²) in [4.78, 5) is 26.7. The minimum Gasteiger partial charge on any atom is -0.340 e. The zero-order valence-corrected chi connectivity index (χ0v) is 11.8. The molecule has 1 N–H and O–H groups in total. The maximum atomic E-state index is 12.8. The molecule has 3 fully saturated rings. The van der Waals surface area contributed by atoms with Gasteiger partial charge in [0.2, 0.25) is 11.8 Å². The van der Waals surface area contributed by atoms with E-state index in [-0.39, 0.29) is 24.4 Å². The average Bonchev–Trinajstić information content (AvgIpc) is 3.04. The van der Waals surface area contributed by atoms with Crippen molar-refractivity contribution in [2.24, 2.45) is 5.92 Å². The maximum Gasteiger partial charge on any atom is 0.249 e. The highest BCUT2D eigenvalue weighted by molar-refractivity contribution is 5.98. The Bertz CT molecular complexity index is 382. The minimum absolute atomic E-state index is 0.0337. The summed E-state index contributed by atoms with van der Waals surface area (Å²) in [5.41, 5.74) is -0.553. The van der Waals surface area contributed by atoms with Gasteiger partial charge >= 0.3 is 0 Å². The normalized spacial score (nSPS) is 29.0. The van der Waals surface area contributed by atoms with E-state index in [9.17, 15) is 9.59 Å². The third-order valence-electron chi connectivity index (χ3n) is 5.39. The van der Waals surface area contributed by atoms with Crippen molar-refractivity contribution in [3.63, 3.8) is 0 Å². The van der Waals surface area contributed by atoms with Crippen molar-refractivity contribution in [2.75, 3.05) is 6.54 Å². The van der Waals surface area contributed by atoms with E-state index >= 15 is 0 Å². The van der Waals surface area contributed by atoms with Crippen molar-refractivity contribution in [3.8, 4) is 0 Å². The lowest BCUT2D eigenvalue weighted by atomic mass is 9.89. The van der Waals surface area contributed by atoms with Crippen LogP contribution in [0.25, 0.3) is 0 Å². The molecule has 106 valence electrons. The van der Waals surface area contributed by atoms with Gasteiger partial charge in [0, 0.05) is 6.04 Å². The second kappa shape index (κ2) is 4.80. The molecule has 1 unspecified atom stereocenters. The van der Waals surface area contributed by atoms with Crippen LogP contribution >= 0.6 is 0 Å². The Hall–Kier alpha value is -1.06. The molecule has 1 spiro atoms. The smallest absolute Gasteiger partial charge is 0.249 e. The molecule has 3 rings (SSSR count). The van der Waals surface area contributed by atoms with Crippen LogP contribution in [0.2, 0.25) is 0 Å². The maximum absolute atomic E-state index is 12.8. The molecule has 4 heteroatoms. The molecule has 2 saturated carbocycles. The van der Waals surface area contributed by atoms with E-state index in [4.69, 9.17) is 0 Å². The van der Waals surface area contributed by atoms with Gasteiger partial charge in [-0.2, -0.15) is 0 Å². The Morgan fingerprint density at radius 3 is 2.42 bits per heavy atom. The predicted molar refractivity (Wildman–Crippen MR) is 72.5 cm³/mol. The van der Waals surface area contributed by atoms with Crippen molar-refractivity contribution >= 4 is 11.8 Å². The third kappa shape index (κ3) is 2.15. The molecule has 0 bridgehead atoms. The molecule has 19 heavy (non-hydrogen) atoms. The number of hydrogen-bond donors (Lipinski definition) is 1. The molecule has 1 heterocycles. The highest BCUT2D eigenvalue weighted by atomic mass is 16.2. The molecule has 0 aromatic carbocycles. The first kappa shape index (κ1) is 12.9. The van der Waals surface area contributed by atoms with E-state index in [1.807, 2.05) is 4.90 Å². The number of hydrogen-bond acceptors (Lipinski definition) is 2. The number of amides is 2. The molecular formula is C15H24N2O2.